The van der Waals surface area contributed by atoms with Gasteiger partial charge in [-0.15, -0.1) is 0 Å². The van der Waals surface area contributed by atoms with E-state index in [4.69, 9.17) is 10.2 Å². The van der Waals surface area contributed by atoms with Crippen molar-refractivity contribution in [2.75, 3.05) is 7.05 Å². The zero-order valence-electron chi connectivity index (χ0n) is 8.21. The van der Waals surface area contributed by atoms with Crippen LogP contribution in [0.25, 0.3) is 11.0 Å². The van der Waals surface area contributed by atoms with Crippen LogP contribution in [0, 0.1) is 0 Å². The van der Waals surface area contributed by atoms with E-state index in [1.165, 1.54) is 0 Å². The van der Waals surface area contributed by atoms with Gasteiger partial charge in [0, 0.05) is 17.5 Å². The van der Waals surface area contributed by atoms with Crippen LogP contribution in [0.2, 0.25) is 0 Å². The Labute approximate surface area is 82.9 Å². The SMILES string of the molecule is CNCc1cc2cccc(CN)c2o1. The Morgan fingerprint density at radius 1 is 1.43 bits per heavy atom. The van der Waals surface area contributed by atoms with Gasteiger partial charge in [0.15, 0.2) is 0 Å². The number of nitrogens with two attached hydrogens (primary N) is 1. The molecule has 0 unspecified atom stereocenters. The molecule has 0 fully saturated rings. The van der Waals surface area contributed by atoms with E-state index in [1.807, 2.05) is 31.3 Å². The van der Waals surface area contributed by atoms with Crippen molar-refractivity contribution in [3.63, 3.8) is 0 Å². The van der Waals surface area contributed by atoms with Gasteiger partial charge in [0.2, 0.25) is 0 Å². The highest BCUT2D eigenvalue weighted by molar-refractivity contribution is 5.81. The van der Waals surface area contributed by atoms with Gasteiger partial charge in [0.05, 0.1) is 6.54 Å². The maximum Gasteiger partial charge on any atom is 0.138 e. The number of benzene rings is 1. The summed E-state index contributed by atoms with van der Waals surface area (Å²) < 4.78 is 5.69. The standard InChI is InChI=1S/C11H14N2O/c1-13-7-10-5-8-3-2-4-9(6-12)11(8)14-10/h2-5,13H,6-7,12H2,1H3. The summed E-state index contributed by atoms with van der Waals surface area (Å²) in [5.41, 5.74) is 7.60. The van der Waals surface area contributed by atoms with E-state index in [9.17, 15) is 0 Å². The second kappa shape index (κ2) is 3.82. The normalized spacial score (nSPS) is 11.0. The minimum absolute atomic E-state index is 0.518. The molecule has 1 aromatic heterocycles. The molecular formula is C11H14N2O. The molecule has 1 aromatic carbocycles. The summed E-state index contributed by atoms with van der Waals surface area (Å²) in [4.78, 5) is 0. The van der Waals surface area contributed by atoms with Gasteiger partial charge in [-0.1, -0.05) is 18.2 Å². The van der Waals surface area contributed by atoms with Gasteiger partial charge in [0.1, 0.15) is 11.3 Å². The number of fused-ring (bicyclic) bond motifs is 1. The first-order valence-electron chi connectivity index (χ1n) is 4.70. The molecule has 0 saturated carbocycles. The molecule has 14 heavy (non-hydrogen) atoms. The van der Waals surface area contributed by atoms with Gasteiger partial charge >= 0.3 is 0 Å². The molecule has 74 valence electrons. The summed E-state index contributed by atoms with van der Waals surface area (Å²) in [6.45, 7) is 1.27. The first-order valence-corrected chi connectivity index (χ1v) is 4.70. The van der Waals surface area contributed by atoms with Crippen molar-refractivity contribution in [2.45, 2.75) is 13.1 Å². The van der Waals surface area contributed by atoms with Crippen LogP contribution in [0.3, 0.4) is 0 Å². The second-order valence-corrected chi connectivity index (χ2v) is 3.28. The summed E-state index contributed by atoms with van der Waals surface area (Å²) in [5.74, 6) is 0.948. The smallest absolute Gasteiger partial charge is 0.138 e. The summed E-state index contributed by atoms with van der Waals surface area (Å²) in [6, 6.07) is 8.08. The van der Waals surface area contributed by atoms with Crippen molar-refractivity contribution < 1.29 is 4.42 Å². The van der Waals surface area contributed by atoms with Gasteiger partial charge in [0.25, 0.3) is 0 Å². The number of hydrogen-bond acceptors (Lipinski definition) is 3. The van der Waals surface area contributed by atoms with E-state index in [0.29, 0.717) is 6.54 Å². The molecule has 3 nitrogen and oxygen atoms in total. The highest BCUT2D eigenvalue weighted by atomic mass is 16.3. The molecule has 1 heterocycles. The van der Waals surface area contributed by atoms with Crippen LogP contribution in [-0.2, 0) is 13.1 Å². The maximum atomic E-state index is 5.69. The van der Waals surface area contributed by atoms with Crippen molar-refractivity contribution in [3.8, 4) is 0 Å². The molecule has 0 aliphatic carbocycles. The Bertz CT molecular complexity index is 434. The Morgan fingerprint density at radius 3 is 3.00 bits per heavy atom. The topological polar surface area (TPSA) is 51.2 Å². The molecule has 0 saturated heterocycles. The lowest BCUT2D eigenvalue weighted by atomic mass is 10.1. The molecule has 2 rings (SSSR count). The molecule has 0 spiro atoms. The van der Waals surface area contributed by atoms with Gasteiger partial charge in [-0.05, 0) is 13.1 Å². The average molecular weight is 190 g/mol. The second-order valence-electron chi connectivity index (χ2n) is 3.28. The summed E-state index contributed by atoms with van der Waals surface area (Å²) in [6.07, 6.45) is 0. The van der Waals surface area contributed by atoms with Gasteiger partial charge in [-0.25, -0.2) is 0 Å². The van der Waals surface area contributed by atoms with Crippen molar-refractivity contribution in [1.82, 2.24) is 5.32 Å². The van der Waals surface area contributed by atoms with Crippen LogP contribution in [0.4, 0.5) is 0 Å². The maximum absolute atomic E-state index is 5.69. The average Bonchev–Trinajstić information content (AvgIpc) is 2.60. The molecule has 3 heteroatoms. The molecule has 0 aliphatic rings. The predicted molar refractivity (Wildman–Crippen MR) is 56.9 cm³/mol. The van der Waals surface area contributed by atoms with Crippen LogP contribution in [0.1, 0.15) is 11.3 Å². The number of furan rings is 1. The van der Waals surface area contributed by atoms with E-state index in [1.54, 1.807) is 0 Å². The predicted octanol–water partition coefficient (Wildman–Crippen LogP) is 1.61. The fourth-order valence-electron chi connectivity index (χ4n) is 1.60. The molecule has 0 aliphatic heterocycles. The Morgan fingerprint density at radius 2 is 2.29 bits per heavy atom. The lowest BCUT2D eigenvalue weighted by Crippen LogP contribution is -2.03. The van der Waals surface area contributed by atoms with Crippen LogP contribution in [0.15, 0.2) is 28.7 Å². The first-order chi connectivity index (χ1) is 6.85. The quantitative estimate of drug-likeness (QED) is 0.773. The van der Waals surface area contributed by atoms with Crippen molar-refractivity contribution in [2.24, 2.45) is 5.73 Å². The summed E-state index contributed by atoms with van der Waals surface area (Å²) in [7, 11) is 1.90. The van der Waals surface area contributed by atoms with E-state index in [-0.39, 0.29) is 0 Å². The van der Waals surface area contributed by atoms with Gasteiger partial charge in [-0.3, -0.25) is 0 Å². The molecule has 0 amide bonds. The van der Waals surface area contributed by atoms with Gasteiger partial charge in [-0.2, -0.15) is 0 Å². The molecule has 0 atom stereocenters. The van der Waals surface area contributed by atoms with E-state index < -0.39 is 0 Å². The molecule has 0 radical (unpaired) electrons. The Balaban J connectivity index is 2.52. The first kappa shape index (κ1) is 9.24. The number of nitrogens with one attached hydrogen (secondary N) is 1. The van der Waals surface area contributed by atoms with Gasteiger partial charge < -0.3 is 15.5 Å². The fourth-order valence-corrected chi connectivity index (χ4v) is 1.60. The minimum atomic E-state index is 0.518. The largest absolute Gasteiger partial charge is 0.459 e. The van der Waals surface area contributed by atoms with Crippen LogP contribution in [-0.4, -0.2) is 7.05 Å². The number of rotatable bonds is 3. The summed E-state index contributed by atoms with van der Waals surface area (Å²) >= 11 is 0. The minimum Gasteiger partial charge on any atom is -0.459 e. The van der Waals surface area contributed by atoms with E-state index in [2.05, 4.69) is 5.32 Å². The third-order valence-corrected chi connectivity index (χ3v) is 2.25. The number of hydrogen-bond donors (Lipinski definition) is 2. The zero-order chi connectivity index (χ0) is 9.97. The van der Waals surface area contributed by atoms with E-state index in [0.717, 1.165) is 28.8 Å². The van der Waals surface area contributed by atoms with Crippen LogP contribution < -0.4 is 11.1 Å². The van der Waals surface area contributed by atoms with Crippen LogP contribution in [0.5, 0.6) is 0 Å². The van der Waals surface area contributed by atoms with Crippen LogP contribution >= 0.6 is 0 Å². The molecule has 0 bridgehead atoms. The fraction of sp³-hybridized carbons (Fsp3) is 0.273. The lowest BCUT2D eigenvalue weighted by molar-refractivity contribution is 0.528. The van der Waals surface area contributed by atoms with Crippen molar-refractivity contribution >= 4 is 11.0 Å². The highest BCUT2D eigenvalue weighted by Gasteiger charge is 2.05. The lowest BCUT2D eigenvalue weighted by Gasteiger charge is -1.96. The zero-order valence-corrected chi connectivity index (χ0v) is 8.21. The Kier molecular flexibility index (Phi) is 2.52. The molecular weight excluding hydrogens is 176 g/mol. The monoisotopic (exact) mass is 190 g/mol. The molecule has 2 aromatic rings. The van der Waals surface area contributed by atoms with Crippen molar-refractivity contribution in [1.29, 1.82) is 0 Å². The number of para-hydroxylation sites is 1. The Hall–Kier alpha value is -1.32. The third-order valence-electron chi connectivity index (χ3n) is 2.25. The molecule has 3 N–H and O–H groups in total. The van der Waals surface area contributed by atoms with Crippen molar-refractivity contribution in [3.05, 3.63) is 35.6 Å². The summed E-state index contributed by atoms with van der Waals surface area (Å²) in [5, 5.41) is 4.18. The third kappa shape index (κ3) is 1.52. The highest BCUT2D eigenvalue weighted by Crippen LogP contribution is 2.22. The van der Waals surface area contributed by atoms with E-state index >= 15 is 0 Å².